The second-order valence-corrected chi connectivity index (χ2v) is 12.0. The molecule has 0 heterocycles. The number of rotatable bonds is 13. The number of nitrogens with zero attached hydrogens (tertiary/aromatic N) is 2. The van der Waals surface area contributed by atoms with Crippen LogP contribution in [-0.2, 0) is 26.2 Å². The monoisotopic (exact) mass is 589 g/mol. The van der Waals surface area contributed by atoms with E-state index in [-0.39, 0.29) is 37.7 Å². The molecule has 0 radical (unpaired) electrons. The number of halogens is 3. The van der Waals surface area contributed by atoms with Gasteiger partial charge in [0.25, 0.3) is 0 Å². The largest absolute Gasteiger partial charge is 0.354 e. The van der Waals surface area contributed by atoms with Gasteiger partial charge in [-0.15, -0.1) is 0 Å². The predicted molar refractivity (Wildman–Crippen MR) is 152 cm³/mol. The lowest BCUT2D eigenvalue weighted by molar-refractivity contribution is -0.141. The van der Waals surface area contributed by atoms with E-state index in [0.717, 1.165) is 12.7 Å². The first-order chi connectivity index (χ1) is 17.4. The molecule has 37 heavy (non-hydrogen) atoms. The molecule has 2 aromatic rings. The van der Waals surface area contributed by atoms with Crippen molar-refractivity contribution in [2.75, 3.05) is 23.7 Å². The van der Waals surface area contributed by atoms with Gasteiger partial charge in [-0.05, 0) is 61.6 Å². The van der Waals surface area contributed by atoms with Gasteiger partial charge < -0.3 is 10.2 Å². The van der Waals surface area contributed by atoms with Crippen LogP contribution in [0.3, 0.4) is 0 Å². The molecule has 0 saturated heterocycles. The fourth-order valence-corrected chi connectivity index (χ4v) is 5.62. The lowest BCUT2D eigenvalue weighted by Gasteiger charge is -2.31. The summed E-state index contributed by atoms with van der Waals surface area (Å²) in [5.74, 6) is -0.518. The van der Waals surface area contributed by atoms with Crippen molar-refractivity contribution in [3.63, 3.8) is 0 Å². The van der Waals surface area contributed by atoms with E-state index in [4.69, 9.17) is 34.8 Å². The van der Waals surface area contributed by atoms with Crippen LogP contribution in [-0.4, -0.2) is 50.5 Å². The Balaban J connectivity index is 2.27. The van der Waals surface area contributed by atoms with Crippen molar-refractivity contribution in [3.05, 3.63) is 62.6 Å². The number of carbonyl (C=O) groups excluding carboxylic acids is 2. The van der Waals surface area contributed by atoms with Crippen LogP contribution < -0.4 is 9.62 Å². The van der Waals surface area contributed by atoms with Gasteiger partial charge in [-0.2, -0.15) is 0 Å². The van der Waals surface area contributed by atoms with Crippen molar-refractivity contribution in [2.24, 2.45) is 0 Å². The molecule has 0 fully saturated rings. The molecule has 7 nitrogen and oxygen atoms in total. The fourth-order valence-electron chi connectivity index (χ4n) is 3.97. The molecular formula is C26H34Cl3N3O4S. The van der Waals surface area contributed by atoms with Crippen LogP contribution >= 0.6 is 34.8 Å². The molecule has 0 aliphatic heterocycles. The number of hydrogen-bond acceptors (Lipinski definition) is 4. The van der Waals surface area contributed by atoms with Crippen LogP contribution in [0.25, 0.3) is 0 Å². The van der Waals surface area contributed by atoms with Gasteiger partial charge in [-0.3, -0.25) is 13.9 Å². The first-order valence-electron chi connectivity index (χ1n) is 12.1. The molecule has 0 spiro atoms. The predicted octanol–water partition coefficient (Wildman–Crippen LogP) is 5.84. The Morgan fingerprint density at radius 2 is 1.76 bits per heavy atom. The highest BCUT2D eigenvalue weighted by Gasteiger charge is 2.29. The summed E-state index contributed by atoms with van der Waals surface area (Å²) in [6.07, 6.45) is 2.58. The third-order valence-corrected chi connectivity index (χ3v) is 8.13. The highest BCUT2D eigenvalue weighted by molar-refractivity contribution is 7.92. The van der Waals surface area contributed by atoms with Gasteiger partial charge in [-0.1, -0.05) is 60.8 Å². The maximum atomic E-state index is 13.5. The number of benzene rings is 2. The van der Waals surface area contributed by atoms with Crippen molar-refractivity contribution in [2.45, 2.75) is 59.0 Å². The molecule has 0 aromatic heterocycles. The summed E-state index contributed by atoms with van der Waals surface area (Å²) in [4.78, 5) is 27.9. The van der Waals surface area contributed by atoms with Crippen LogP contribution in [0.4, 0.5) is 5.69 Å². The van der Waals surface area contributed by atoms with Crippen molar-refractivity contribution in [1.82, 2.24) is 10.2 Å². The molecule has 0 saturated carbocycles. The number of carbonyl (C=O) groups is 2. The molecule has 2 amide bonds. The normalized spacial score (nSPS) is 12.2. The Morgan fingerprint density at radius 1 is 1.05 bits per heavy atom. The van der Waals surface area contributed by atoms with Crippen LogP contribution in [0, 0.1) is 6.92 Å². The maximum Gasteiger partial charge on any atom is 0.242 e. The lowest BCUT2D eigenvalue weighted by Crippen LogP contribution is -2.49. The van der Waals surface area contributed by atoms with Gasteiger partial charge in [-0.25, -0.2) is 8.42 Å². The van der Waals surface area contributed by atoms with E-state index in [1.165, 1.54) is 9.21 Å². The van der Waals surface area contributed by atoms with Crippen molar-refractivity contribution in [3.8, 4) is 0 Å². The average Bonchev–Trinajstić information content (AvgIpc) is 2.82. The standard InChI is InChI=1S/C26H34Cl3N3O4S/c1-5-14-30-26(34)23(6-2)31(17-19-12-13-20(27)16-22(19)29)25(33)11-8-15-32(37(4,35)36)24-10-7-9-21(28)18(24)3/h7,9-10,12-13,16,23H,5-6,8,11,14-15,17H2,1-4H3,(H,30,34). The number of nitrogens with one attached hydrogen (secondary N) is 1. The minimum absolute atomic E-state index is 0.0361. The second kappa shape index (κ2) is 14.2. The maximum absolute atomic E-state index is 13.5. The number of amides is 2. The molecule has 0 bridgehead atoms. The van der Waals surface area contributed by atoms with E-state index in [0.29, 0.717) is 44.8 Å². The lowest BCUT2D eigenvalue weighted by atomic mass is 10.1. The molecule has 2 aromatic carbocycles. The number of sulfonamides is 1. The fraction of sp³-hybridized carbons (Fsp3) is 0.462. The number of anilines is 1. The first-order valence-corrected chi connectivity index (χ1v) is 15.1. The highest BCUT2D eigenvalue weighted by atomic mass is 35.5. The molecule has 2 rings (SSSR count). The Morgan fingerprint density at radius 3 is 2.35 bits per heavy atom. The van der Waals surface area contributed by atoms with E-state index in [1.807, 2.05) is 13.8 Å². The van der Waals surface area contributed by atoms with Gasteiger partial charge in [0.1, 0.15) is 6.04 Å². The van der Waals surface area contributed by atoms with Crippen molar-refractivity contribution in [1.29, 1.82) is 0 Å². The molecular weight excluding hydrogens is 557 g/mol. The van der Waals surface area contributed by atoms with Crippen LogP contribution in [0.1, 0.15) is 50.7 Å². The van der Waals surface area contributed by atoms with E-state index in [2.05, 4.69) is 5.32 Å². The van der Waals surface area contributed by atoms with E-state index >= 15 is 0 Å². The topological polar surface area (TPSA) is 86.8 Å². The van der Waals surface area contributed by atoms with Crippen LogP contribution in [0.15, 0.2) is 36.4 Å². The zero-order chi connectivity index (χ0) is 27.8. The van der Waals surface area contributed by atoms with Gasteiger partial charge >= 0.3 is 0 Å². The molecule has 1 unspecified atom stereocenters. The minimum atomic E-state index is -3.62. The Labute approximate surface area is 235 Å². The highest BCUT2D eigenvalue weighted by Crippen LogP contribution is 2.29. The summed E-state index contributed by atoms with van der Waals surface area (Å²) < 4.78 is 26.4. The molecule has 1 N–H and O–H groups in total. The quantitative estimate of drug-likeness (QED) is 0.318. The van der Waals surface area contributed by atoms with Gasteiger partial charge in [0.15, 0.2) is 0 Å². The Bertz CT molecular complexity index is 1210. The van der Waals surface area contributed by atoms with Crippen molar-refractivity contribution < 1.29 is 18.0 Å². The van der Waals surface area contributed by atoms with E-state index < -0.39 is 16.1 Å². The molecule has 11 heteroatoms. The SMILES string of the molecule is CCCNC(=O)C(CC)N(Cc1ccc(Cl)cc1Cl)C(=O)CCCN(c1cccc(Cl)c1C)S(C)(=O)=O. The average molecular weight is 591 g/mol. The number of hydrogen-bond donors (Lipinski definition) is 1. The van der Waals surface area contributed by atoms with E-state index in [9.17, 15) is 18.0 Å². The summed E-state index contributed by atoms with van der Waals surface area (Å²) >= 11 is 18.6. The first kappa shape index (κ1) is 31.2. The summed E-state index contributed by atoms with van der Waals surface area (Å²) in [6, 6.07) is 9.37. The molecule has 0 aliphatic rings. The molecule has 0 aliphatic carbocycles. The second-order valence-electron chi connectivity index (χ2n) is 8.80. The zero-order valence-corrected chi connectivity index (χ0v) is 24.6. The van der Waals surface area contributed by atoms with Crippen molar-refractivity contribution >= 4 is 62.3 Å². The minimum Gasteiger partial charge on any atom is -0.354 e. The third kappa shape index (κ3) is 8.77. The van der Waals surface area contributed by atoms with Crippen LogP contribution in [0.5, 0.6) is 0 Å². The smallest absolute Gasteiger partial charge is 0.242 e. The molecule has 1 atom stereocenters. The summed E-state index contributed by atoms with van der Waals surface area (Å²) in [6.45, 7) is 6.25. The Kier molecular flexibility index (Phi) is 12.0. The van der Waals surface area contributed by atoms with Gasteiger partial charge in [0.2, 0.25) is 21.8 Å². The summed E-state index contributed by atoms with van der Waals surface area (Å²) in [7, 11) is -3.62. The molecule has 204 valence electrons. The summed E-state index contributed by atoms with van der Waals surface area (Å²) in [5, 5.41) is 4.19. The zero-order valence-electron chi connectivity index (χ0n) is 21.6. The van der Waals surface area contributed by atoms with E-state index in [1.54, 1.807) is 43.3 Å². The summed E-state index contributed by atoms with van der Waals surface area (Å²) in [5.41, 5.74) is 1.77. The van der Waals surface area contributed by atoms with Gasteiger partial charge in [0, 0.05) is 41.1 Å². The van der Waals surface area contributed by atoms with Crippen LogP contribution in [0.2, 0.25) is 15.1 Å². The third-order valence-electron chi connectivity index (χ3n) is 5.95. The Hall–Kier alpha value is -2.00. The van der Waals surface area contributed by atoms with Gasteiger partial charge in [0.05, 0.1) is 11.9 Å².